The van der Waals surface area contributed by atoms with Gasteiger partial charge in [0.2, 0.25) is 5.91 Å². The number of rotatable bonds is 3. The van der Waals surface area contributed by atoms with Gasteiger partial charge in [0.05, 0.1) is 5.92 Å². The van der Waals surface area contributed by atoms with Crippen LogP contribution in [0.4, 0.5) is 13.2 Å². The Balaban J connectivity index is 1.72. The average Bonchev–Trinajstić information content (AvgIpc) is 2.45. The smallest absolute Gasteiger partial charge is 0.356 e. The van der Waals surface area contributed by atoms with E-state index < -0.39 is 12.1 Å². The molecule has 2 aliphatic rings. The molecule has 2 fully saturated rings. The standard InChI is InChI=1S/C15H25F3N2O/c16-15(17,18)12-7-5-10(6-8-12)14(21)20-9-11-3-1-2-4-13(11)19/h10-13H,1-9,19H2,(H,20,21). The quantitative estimate of drug-likeness (QED) is 0.842. The Kier molecular flexibility index (Phi) is 5.52. The van der Waals surface area contributed by atoms with Crippen LogP contribution in [0.25, 0.3) is 0 Å². The minimum atomic E-state index is -4.11. The normalized spacial score (nSPS) is 34.5. The molecule has 0 spiro atoms. The van der Waals surface area contributed by atoms with Gasteiger partial charge in [-0.05, 0) is 44.4 Å². The zero-order valence-electron chi connectivity index (χ0n) is 12.3. The highest BCUT2D eigenvalue weighted by molar-refractivity contribution is 5.78. The molecule has 2 unspecified atom stereocenters. The summed E-state index contributed by atoms with van der Waals surface area (Å²) in [7, 11) is 0. The molecule has 0 bridgehead atoms. The molecule has 2 atom stereocenters. The highest BCUT2D eigenvalue weighted by Crippen LogP contribution is 2.39. The predicted molar refractivity (Wildman–Crippen MR) is 74.4 cm³/mol. The van der Waals surface area contributed by atoms with Gasteiger partial charge in [-0.25, -0.2) is 0 Å². The first-order valence-corrected chi connectivity index (χ1v) is 7.98. The van der Waals surface area contributed by atoms with Crippen molar-refractivity contribution in [2.75, 3.05) is 6.54 Å². The summed E-state index contributed by atoms with van der Waals surface area (Å²) in [6, 6.07) is 0.139. The van der Waals surface area contributed by atoms with Crippen LogP contribution in [0.15, 0.2) is 0 Å². The summed E-state index contributed by atoms with van der Waals surface area (Å²) >= 11 is 0. The van der Waals surface area contributed by atoms with Gasteiger partial charge in [0, 0.05) is 18.5 Å². The van der Waals surface area contributed by atoms with Crippen LogP contribution < -0.4 is 11.1 Å². The Morgan fingerprint density at radius 1 is 1.05 bits per heavy atom. The number of amides is 1. The van der Waals surface area contributed by atoms with Crippen LogP contribution in [0.5, 0.6) is 0 Å². The van der Waals surface area contributed by atoms with E-state index in [4.69, 9.17) is 5.73 Å². The van der Waals surface area contributed by atoms with Gasteiger partial charge in [0.1, 0.15) is 0 Å². The van der Waals surface area contributed by atoms with Crippen molar-refractivity contribution in [3.63, 3.8) is 0 Å². The molecule has 2 aliphatic carbocycles. The predicted octanol–water partition coefficient (Wildman–Crippen LogP) is 2.99. The third kappa shape index (κ3) is 4.59. The van der Waals surface area contributed by atoms with Crippen LogP contribution in [-0.2, 0) is 4.79 Å². The van der Waals surface area contributed by atoms with Gasteiger partial charge < -0.3 is 11.1 Å². The summed E-state index contributed by atoms with van der Waals surface area (Å²) in [5.74, 6) is -1.26. The van der Waals surface area contributed by atoms with E-state index in [0.29, 0.717) is 25.3 Å². The molecule has 0 aliphatic heterocycles. The molecule has 1 amide bonds. The lowest BCUT2D eigenvalue weighted by atomic mass is 9.81. The highest BCUT2D eigenvalue weighted by atomic mass is 19.4. The SMILES string of the molecule is NC1CCCCC1CNC(=O)C1CCC(C(F)(F)F)CC1. The lowest BCUT2D eigenvalue weighted by Gasteiger charge is -2.31. The molecule has 0 radical (unpaired) electrons. The van der Waals surface area contributed by atoms with Crippen molar-refractivity contribution >= 4 is 5.91 Å². The van der Waals surface area contributed by atoms with E-state index >= 15 is 0 Å². The number of alkyl halides is 3. The van der Waals surface area contributed by atoms with E-state index in [0.717, 1.165) is 25.7 Å². The first kappa shape index (κ1) is 16.6. The number of hydrogen-bond acceptors (Lipinski definition) is 2. The highest BCUT2D eigenvalue weighted by Gasteiger charge is 2.42. The summed E-state index contributed by atoms with van der Waals surface area (Å²) in [5.41, 5.74) is 6.03. The maximum atomic E-state index is 12.6. The molecule has 3 nitrogen and oxygen atoms in total. The Morgan fingerprint density at radius 2 is 1.67 bits per heavy atom. The Labute approximate surface area is 123 Å². The van der Waals surface area contributed by atoms with Crippen LogP contribution in [0.2, 0.25) is 0 Å². The van der Waals surface area contributed by atoms with Gasteiger partial charge in [-0.15, -0.1) is 0 Å². The molecule has 0 aromatic heterocycles. The average molecular weight is 306 g/mol. The van der Waals surface area contributed by atoms with Gasteiger partial charge in [-0.1, -0.05) is 12.8 Å². The summed E-state index contributed by atoms with van der Waals surface area (Å²) in [6.07, 6.45) is 1.03. The van der Waals surface area contributed by atoms with Gasteiger partial charge in [-0.2, -0.15) is 13.2 Å². The van der Waals surface area contributed by atoms with Crippen molar-refractivity contribution in [3.8, 4) is 0 Å². The van der Waals surface area contributed by atoms with Crippen molar-refractivity contribution in [3.05, 3.63) is 0 Å². The van der Waals surface area contributed by atoms with E-state index in [1.54, 1.807) is 0 Å². The Hall–Kier alpha value is -0.780. The zero-order chi connectivity index (χ0) is 15.5. The van der Waals surface area contributed by atoms with E-state index in [1.165, 1.54) is 0 Å². The lowest BCUT2D eigenvalue weighted by molar-refractivity contribution is -0.184. The Bertz CT molecular complexity index is 351. The van der Waals surface area contributed by atoms with Crippen LogP contribution in [0.1, 0.15) is 51.4 Å². The van der Waals surface area contributed by atoms with E-state index in [-0.39, 0.29) is 30.7 Å². The second-order valence-electron chi connectivity index (χ2n) is 6.54. The first-order valence-electron chi connectivity index (χ1n) is 7.98. The molecule has 3 N–H and O–H groups in total. The molecule has 0 heterocycles. The molecule has 0 aromatic carbocycles. The molecular formula is C15H25F3N2O. The van der Waals surface area contributed by atoms with E-state index in [2.05, 4.69) is 5.32 Å². The minimum Gasteiger partial charge on any atom is -0.356 e. The Morgan fingerprint density at radius 3 is 2.24 bits per heavy atom. The van der Waals surface area contributed by atoms with Crippen LogP contribution in [0.3, 0.4) is 0 Å². The maximum absolute atomic E-state index is 12.6. The second-order valence-corrected chi connectivity index (χ2v) is 6.54. The summed E-state index contributed by atoms with van der Waals surface area (Å²) in [5, 5.41) is 2.91. The van der Waals surface area contributed by atoms with Crippen LogP contribution in [0, 0.1) is 17.8 Å². The van der Waals surface area contributed by atoms with E-state index in [1.807, 2.05) is 0 Å². The molecule has 2 saturated carbocycles. The number of hydrogen-bond donors (Lipinski definition) is 2. The fourth-order valence-electron chi connectivity index (χ4n) is 3.55. The molecule has 0 saturated heterocycles. The fourth-order valence-corrected chi connectivity index (χ4v) is 3.55. The van der Waals surface area contributed by atoms with Crippen molar-refractivity contribution in [2.24, 2.45) is 23.5 Å². The monoisotopic (exact) mass is 306 g/mol. The molecule has 0 aromatic rings. The second kappa shape index (κ2) is 6.99. The first-order chi connectivity index (χ1) is 9.88. The maximum Gasteiger partial charge on any atom is 0.391 e. The van der Waals surface area contributed by atoms with Crippen LogP contribution in [-0.4, -0.2) is 24.7 Å². The third-order valence-corrected chi connectivity index (χ3v) is 5.07. The topological polar surface area (TPSA) is 55.1 Å². The summed E-state index contributed by atoms with van der Waals surface area (Å²) in [6.45, 7) is 0.569. The number of halogens is 3. The minimum absolute atomic E-state index is 0.0739. The third-order valence-electron chi connectivity index (χ3n) is 5.07. The van der Waals surface area contributed by atoms with Crippen molar-refractivity contribution in [2.45, 2.75) is 63.6 Å². The number of carbonyl (C=O) groups is 1. The summed E-state index contributed by atoms with van der Waals surface area (Å²) < 4.78 is 37.8. The van der Waals surface area contributed by atoms with Crippen molar-refractivity contribution < 1.29 is 18.0 Å². The number of nitrogens with two attached hydrogens (primary N) is 1. The van der Waals surface area contributed by atoms with Crippen molar-refractivity contribution in [1.29, 1.82) is 0 Å². The van der Waals surface area contributed by atoms with Crippen molar-refractivity contribution in [1.82, 2.24) is 5.32 Å². The number of carbonyl (C=O) groups excluding carboxylic acids is 1. The summed E-state index contributed by atoms with van der Waals surface area (Å²) in [4.78, 5) is 12.1. The largest absolute Gasteiger partial charge is 0.391 e. The molecule has 2 rings (SSSR count). The zero-order valence-corrected chi connectivity index (χ0v) is 12.3. The van der Waals surface area contributed by atoms with Gasteiger partial charge in [0.15, 0.2) is 0 Å². The van der Waals surface area contributed by atoms with E-state index in [9.17, 15) is 18.0 Å². The van der Waals surface area contributed by atoms with Gasteiger partial charge in [-0.3, -0.25) is 4.79 Å². The molecular weight excluding hydrogens is 281 g/mol. The van der Waals surface area contributed by atoms with Crippen LogP contribution >= 0.6 is 0 Å². The lowest BCUT2D eigenvalue weighted by Crippen LogP contribution is -2.43. The van der Waals surface area contributed by atoms with Gasteiger partial charge >= 0.3 is 6.18 Å². The molecule has 6 heteroatoms. The fraction of sp³-hybridized carbons (Fsp3) is 0.933. The molecule has 122 valence electrons. The molecule has 21 heavy (non-hydrogen) atoms. The number of nitrogens with one attached hydrogen (secondary N) is 1. The van der Waals surface area contributed by atoms with Gasteiger partial charge in [0.25, 0.3) is 0 Å².